The van der Waals surface area contributed by atoms with Crippen LogP contribution in [0.1, 0.15) is 0 Å². The standard InChI is InChI=1S/C81H47N7O2/c1-2-24-48(25-3-1)79-82-80(59-46-69(85-61-36-14-4-26-49(61)50-27-5-15-37-62(50)85)73-57-34-12-22-44-71(57)89-77(73)75(59)87-65-40-18-8-30-53(65)54-31-9-19-41-66(54)87)84-81(83-79)60-47-70(86-63-38-16-6-28-51(63)52-29-7-17-39-64(52)86)74-58-35-13-23-45-72(58)90-78(74)76(60)88-67-42-20-10-32-55(67)56-33-11-21-43-68(56)88/h1-47H. The molecule has 9 nitrogen and oxygen atoms in total. The van der Waals surface area contributed by atoms with Crippen LogP contribution in [-0.4, -0.2) is 33.2 Å². The second kappa shape index (κ2) is 18.6. The summed E-state index contributed by atoms with van der Waals surface area (Å²) < 4.78 is 24.5. The zero-order valence-corrected chi connectivity index (χ0v) is 48.1. The van der Waals surface area contributed by atoms with Crippen LogP contribution in [0.25, 0.3) is 188 Å². The summed E-state index contributed by atoms with van der Waals surface area (Å²) in [4.78, 5) is 17.5. The van der Waals surface area contributed by atoms with E-state index in [1.807, 2.05) is 18.2 Å². The van der Waals surface area contributed by atoms with Crippen LogP contribution >= 0.6 is 0 Å². The zero-order valence-electron chi connectivity index (χ0n) is 48.1. The van der Waals surface area contributed by atoms with E-state index in [9.17, 15) is 0 Å². The molecule has 0 aliphatic rings. The molecule has 7 aromatic heterocycles. The number of aromatic nitrogens is 7. The van der Waals surface area contributed by atoms with Gasteiger partial charge in [0.25, 0.3) is 0 Å². The molecule has 0 bridgehead atoms. The second-order valence-electron chi connectivity index (χ2n) is 23.3. The van der Waals surface area contributed by atoms with Gasteiger partial charge in [-0.1, -0.05) is 212 Å². The molecule has 0 unspecified atom stereocenters. The Bertz CT molecular complexity index is 5850. The molecule has 0 aliphatic carbocycles. The van der Waals surface area contributed by atoms with E-state index in [0.717, 1.165) is 159 Å². The van der Waals surface area contributed by atoms with E-state index in [1.165, 1.54) is 0 Å². The second-order valence-corrected chi connectivity index (χ2v) is 23.3. The predicted molar refractivity (Wildman–Crippen MR) is 368 cm³/mol. The molecule has 0 saturated heterocycles. The number of nitrogens with zero attached hydrogens (tertiary/aromatic N) is 7. The van der Waals surface area contributed by atoms with Gasteiger partial charge in [-0.25, -0.2) is 15.0 Å². The fourth-order valence-electron chi connectivity index (χ4n) is 14.9. The molecule has 0 fully saturated rings. The molecular weight excluding hydrogens is 1100 g/mol. The van der Waals surface area contributed by atoms with Crippen molar-refractivity contribution in [2.45, 2.75) is 0 Å². The first kappa shape index (κ1) is 48.9. The maximum Gasteiger partial charge on any atom is 0.166 e. The van der Waals surface area contributed by atoms with Gasteiger partial charge in [0.1, 0.15) is 22.5 Å². The molecule has 9 heteroatoms. The molecule has 0 spiro atoms. The first-order valence-electron chi connectivity index (χ1n) is 30.4. The molecule has 0 saturated carbocycles. The summed E-state index contributed by atoms with van der Waals surface area (Å²) >= 11 is 0. The zero-order chi connectivity index (χ0) is 58.7. The average Bonchev–Trinajstić information content (AvgIpc) is 1.53. The smallest absolute Gasteiger partial charge is 0.166 e. The number of hydrogen-bond donors (Lipinski definition) is 0. The Hall–Kier alpha value is -12.3. The van der Waals surface area contributed by atoms with Crippen LogP contribution in [0, 0.1) is 0 Å². The molecule has 20 aromatic rings. The van der Waals surface area contributed by atoms with Crippen molar-refractivity contribution in [3.05, 3.63) is 285 Å². The van der Waals surface area contributed by atoms with E-state index in [0.29, 0.717) is 28.6 Å². The van der Waals surface area contributed by atoms with Crippen molar-refractivity contribution in [1.29, 1.82) is 0 Å². The summed E-state index contributed by atoms with van der Waals surface area (Å²) in [5, 5.41) is 13.0. The molecule has 0 N–H and O–H groups in total. The van der Waals surface area contributed by atoms with E-state index < -0.39 is 0 Å². The van der Waals surface area contributed by atoms with E-state index >= 15 is 0 Å². The molecule has 0 atom stereocenters. The molecule has 418 valence electrons. The molecule has 90 heavy (non-hydrogen) atoms. The molecule has 20 rings (SSSR count). The summed E-state index contributed by atoms with van der Waals surface area (Å²) in [7, 11) is 0. The molecule has 7 heterocycles. The number of para-hydroxylation sites is 10. The Balaban J connectivity index is 1.00. The lowest BCUT2D eigenvalue weighted by molar-refractivity contribution is 0.666. The monoisotopic (exact) mass is 1150 g/mol. The van der Waals surface area contributed by atoms with Crippen molar-refractivity contribution in [3.63, 3.8) is 0 Å². The number of rotatable bonds is 7. The largest absolute Gasteiger partial charge is 0.454 e. The SMILES string of the molecule is c1ccc(-c2nc(-c3cc(-n4c5ccccc5c5ccccc54)c4c(oc5ccccc54)c3-n3c4ccccc4c4ccccc43)nc(-c3cc(-n4c5ccccc5c5ccccc54)c4c(oc5ccccc54)c3-n3c4ccccc4c4ccccc43)n2)cc1. The Morgan fingerprint density at radius 2 is 0.489 bits per heavy atom. The molecule has 0 radical (unpaired) electrons. The van der Waals surface area contributed by atoms with Gasteiger partial charge in [-0.2, -0.15) is 0 Å². The van der Waals surface area contributed by atoms with Crippen molar-refractivity contribution in [3.8, 4) is 56.9 Å². The first-order chi connectivity index (χ1) is 44.7. The van der Waals surface area contributed by atoms with Crippen molar-refractivity contribution in [2.75, 3.05) is 0 Å². The van der Waals surface area contributed by atoms with Crippen LogP contribution in [0.3, 0.4) is 0 Å². The summed E-state index contributed by atoms with van der Waals surface area (Å²) in [6, 6.07) is 101. The Labute approximate surface area is 512 Å². The highest BCUT2D eigenvalue weighted by Crippen LogP contribution is 2.50. The topological polar surface area (TPSA) is 84.7 Å². The highest BCUT2D eigenvalue weighted by atomic mass is 16.3. The van der Waals surface area contributed by atoms with Gasteiger partial charge in [-0.05, 0) is 72.8 Å². The number of benzene rings is 13. The minimum atomic E-state index is 0.455. The van der Waals surface area contributed by atoms with Crippen LogP contribution in [0.4, 0.5) is 0 Å². The highest BCUT2D eigenvalue weighted by Gasteiger charge is 2.32. The van der Waals surface area contributed by atoms with E-state index in [2.05, 4.69) is 285 Å². The van der Waals surface area contributed by atoms with Gasteiger partial charge in [0.15, 0.2) is 28.6 Å². The molecule has 0 aliphatic heterocycles. The van der Waals surface area contributed by atoms with Gasteiger partial charge in [0.2, 0.25) is 0 Å². The minimum absolute atomic E-state index is 0.455. The average molecular weight is 1150 g/mol. The highest BCUT2D eigenvalue weighted by molar-refractivity contribution is 6.22. The van der Waals surface area contributed by atoms with Crippen LogP contribution in [0.5, 0.6) is 0 Å². The third-order valence-electron chi connectivity index (χ3n) is 18.6. The number of furan rings is 2. The van der Waals surface area contributed by atoms with Gasteiger partial charge in [0.05, 0.1) is 66.3 Å². The van der Waals surface area contributed by atoms with Crippen LogP contribution in [0.15, 0.2) is 294 Å². The van der Waals surface area contributed by atoms with E-state index in [-0.39, 0.29) is 0 Å². The Morgan fingerprint density at radius 1 is 0.233 bits per heavy atom. The fraction of sp³-hybridized carbons (Fsp3) is 0. The summed E-state index contributed by atoms with van der Waals surface area (Å²) in [6.07, 6.45) is 0. The lowest BCUT2D eigenvalue weighted by Crippen LogP contribution is -2.08. The van der Waals surface area contributed by atoms with E-state index in [4.69, 9.17) is 23.8 Å². The summed E-state index contributed by atoms with van der Waals surface area (Å²) in [5.41, 5.74) is 17.1. The molecule has 13 aromatic carbocycles. The number of hydrogen-bond acceptors (Lipinski definition) is 5. The van der Waals surface area contributed by atoms with Gasteiger partial charge in [-0.15, -0.1) is 0 Å². The Morgan fingerprint density at radius 3 is 0.811 bits per heavy atom. The van der Waals surface area contributed by atoms with E-state index in [1.54, 1.807) is 0 Å². The molecule has 0 amide bonds. The van der Waals surface area contributed by atoms with Crippen LogP contribution in [0.2, 0.25) is 0 Å². The van der Waals surface area contributed by atoms with Crippen molar-refractivity contribution < 1.29 is 8.83 Å². The summed E-state index contributed by atoms with van der Waals surface area (Å²) in [5.74, 6) is 1.41. The summed E-state index contributed by atoms with van der Waals surface area (Å²) in [6.45, 7) is 0. The maximum absolute atomic E-state index is 7.49. The van der Waals surface area contributed by atoms with Gasteiger partial charge < -0.3 is 27.1 Å². The Kier molecular flexibility index (Phi) is 10.1. The first-order valence-corrected chi connectivity index (χ1v) is 30.4. The fourth-order valence-corrected chi connectivity index (χ4v) is 14.9. The molecular formula is C81H47N7O2. The van der Waals surface area contributed by atoms with Gasteiger partial charge in [-0.3, -0.25) is 0 Å². The van der Waals surface area contributed by atoms with Crippen molar-refractivity contribution in [1.82, 2.24) is 33.2 Å². The third-order valence-corrected chi connectivity index (χ3v) is 18.6. The minimum Gasteiger partial charge on any atom is -0.454 e. The van der Waals surface area contributed by atoms with Crippen molar-refractivity contribution >= 4 is 131 Å². The van der Waals surface area contributed by atoms with Crippen LogP contribution < -0.4 is 0 Å². The van der Waals surface area contributed by atoms with Gasteiger partial charge in [0, 0.05) is 70.6 Å². The predicted octanol–water partition coefficient (Wildman–Crippen LogP) is 21.1. The lowest BCUT2D eigenvalue weighted by Gasteiger charge is -2.20. The normalized spacial score (nSPS) is 12.2. The number of fused-ring (bicyclic) bond motifs is 18. The van der Waals surface area contributed by atoms with Gasteiger partial charge >= 0.3 is 0 Å². The van der Waals surface area contributed by atoms with Crippen molar-refractivity contribution in [2.24, 2.45) is 0 Å². The third kappa shape index (κ3) is 6.77. The quantitative estimate of drug-likeness (QED) is 0.159. The lowest BCUT2D eigenvalue weighted by atomic mass is 10.0. The van der Waals surface area contributed by atoms with Crippen LogP contribution in [-0.2, 0) is 0 Å². The maximum atomic E-state index is 7.49.